The zero-order valence-corrected chi connectivity index (χ0v) is 12.5. The van der Waals surface area contributed by atoms with E-state index in [-0.39, 0.29) is 12.2 Å². The summed E-state index contributed by atoms with van der Waals surface area (Å²) >= 11 is 1.20. The molecule has 120 valence electrons. The molecule has 0 spiro atoms. The average molecular weight is 332 g/mol. The summed E-state index contributed by atoms with van der Waals surface area (Å²) in [6.07, 6.45) is -5.00. The van der Waals surface area contributed by atoms with Crippen LogP contribution in [-0.2, 0) is 12.7 Å². The molecule has 0 radical (unpaired) electrons. The van der Waals surface area contributed by atoms with Crippen molar-refractivity contribution in [2.75, 3.05) is 5.75 Å². The van der Waals surface area contributed by atoms with E-state index in [2.05, 4.69) is 10.2 Å². The van der Waals surface area contributed by atoms with Gasteiger partial charge in [0.2, 0.25) is 0 Å². The smallest absolute Gasteiger partial charge is 0.393 e. The molecule has 2 aromatic rings. The van der Waals surface area contributed by atoms with Crippen LogP contribution in [0.1, 0.15) is 18.3 Å². The van der Waals surface area contributed by atoms with E-state index >= 15 is 0 Å². The molecule has 0 saturated heterocycles. The Kier molecular flexibility index (Phi) is 5.09. The van der Waals surface area contributed by atoms with Crippen molar-refractivity contribution in [1.82, 2.24) is 14.8 Å². The van der Waals surface area contributed by atoms with Crippen molar-refractivity contribution >= 4 is 11.8 Å². The van der Waals surface area contributed by atoms with Crippen molar-refractivity contribution < 1.29 is 18.3 Å². The normalized spacial score (nSPS) is 13.4. The van der Waals surface area contributed by atoms with E-state index in [1.165, 1.54) is 28.5 Å². The minimum atomic E-state index is -4.43. The third kappa shape index (κ3) is 3.79. The zero-order chi connectivity index (χ0) is 16.3. The van der Waals surface area contributed by atoms with Crippen LogP contribution in [-0.4, -0.2) is 31.7 Å². The summed E-state index contributed by atoms with van der Waals surface area (Å²) in [5.41, 5.74) is 5.11. The SMILES string of the molecule is C[C@@H](O)CSc1nnc(CN)n1-c1cccc(C(F)(F)F)c1. The predicted molar refractivity (Wildman–Crippen MR) is 76.7 cm³/mol. The number of benzene rings is 1. The van der Waals surface area contributed by atoms with Crippen LogP contribution in [0, 0.1) is 0 Å². The number of halogens is 3. The van der Waals surface area contributed by atoms with Crippen LogP contribution in [0.15, 0.2) is 29.4 Å². The Morgan fingerprint density at radius 3 is 2.68 bits per heavy atom. The van der Waals surface area contributed by atoms with Crippen molar-refractivity contribution in [3.05, 3.63) is 35.7 Å². The van der Waals surface area contributed by atoms with Gasteiger partial charge in [0.1, 0.15) is 0 Å². The number of aliphatic hydroxyl groups excluding tert-OH is 1. The van der Waals surface area contributed by atoms with E-state index in [0.29, 0.717) is 16.7 Å². The highest BCUT2D eigenvalue weighted by atomic mass is 32.2. The fraction of sp³-hybridized carbons (Fsp3) is 0.385. The minimum Gasteiger partial charge on any atom is -0.393 e. The molecule has 0 unspecified atom stereocenters. The van der Waals surface area contributed by atoms with Gasteiger partial charge in [-0.05, 0) is 25.1 Å². The number of hydrogen-bond donors (Lipinski definition) is 2. The molecule has 9 heteroatoms. The van der Waals surface area contributed by atoms with Crippen LogP contribution < -0.4 is 5.73 Å². The van der Waals surface area contributed by atoms with Crippen LogP contribution in [0.5, 0.6) is 0 Å². The number of alkyl halides is 3. The predicted octanol–water partition coefficient (Wildman–Crippen LogP) is 2.22. The first kappa shape index (κ1) is 16.8. The molecule has 1 atom stereocenters. The fourth-order valence-corrected chi connectivity index (χ4v) is 2.63. The Labute approximate surface area is 129 Å². The van der Waals surface area contributed by atoms with E-state index in [0.717, 1.165) is 12.1 Å². The van der Waals surface area contributed by atoms with Crippen molar-refractivity contribution in [2.45, 2.75) is 30.9 Å². The highest BCUT2D eigenvalue weighted by molar-refractivity contribution is 7.99. The maximum atomic E-state index is 12.8. The molecule has 1 heterocycles. The Balaban J connectivity index is 2.44. The van der Waals surface area contributed by atoms with Crippen LogP contribution in [0.4, 0.5) is 13.2 Å². The van der Waals surface area contributed by atoms with E-state index in [9.17, 15) is 18.3 Å². The van der Waals surface area contributed by atoms with Crippen LogP contribution in [0.3, 0.4) is 0 Å². The van der Waals surface area contributed by atoms with Gasteiger partial charge in [-0.2, -0.15) is 13.2 Å². The molecular weight excluding hydrogens is 317 g/mol. The lowest BCUT2D eigenvalue weighted by Gasteiger charge is -2.12. The van der Waals surface area contributed by atoms with E-state index in [4.69, 9.17) is 5.73 Å². The number of rotatable bonds is 5. The number of thioether (sulfide) groups is 1. The van der Waals surface area contributed by atoms with Crippen molar-refractivity contribution in [3.8, 4) is 5.69 Å². The molecule has 1 aromatic carbocycles. The monoisotopic (exact) mass is 332 g/mol. The molecule has 0 bridgehead atoms. The van der Waals surface area contributed by atoms with E-state index < -0.39 is 17.8 Å². The standard InChI is InChI=1S/C13H15F3N4OS/c1-8(21)7-22-12-19-18-11(6-17)20(12)10-4-2-3-9(5-10)13(14,15)16/h2-5,8,21H,6-7,17H2,1H3/t8-/m1/s1. The first-order chi connectivity index (χ1) is 10.3. The summed E-state index contributed by atoms with van der Waals surface area (Å²) in [4.78, 5) is 0. The van der Waals surface area contributed by atoms with Crippen LogP contribution >= 0.6 is 11.8 Å². The van der Waals surface area contributed by atoms with E-state index in [1.54, 1.807) is 6.92 Å². The van der Waals surface area contributed by atoms with Gasteiger partial charge in [0.15, 0.2) is 11.0 Å². The molecule has 0 saturated carbocycles. The number of nitrogens with zero attached hydrogens (tertiary/aromatic N) is 3. The summed E-state index contributed by atoms with van der Waals surface area (Å²) in [6, 6.07) is 4.87. The molecule has 22 heavy (non-hydrogen) atoms. The number of aromatic nitrogens is 3. The third-order valence-corrected chi connectivity index (χ3v) is 3.94. The van der Waals surface area contributed by atoms with Gasteiger partial charge in [-0.3, -0.25) is 4.57 Å². The molecule has 0 aliphatic rings. The molecule has 3 N–H and O–H groups in total. The number of nitrogens with two attached hydrogens (primary N) is 1. The van der Waals surface area contributed by atoms with Gasteiger partial charge < -0.3 is 10.8 Å². The largest absolute Gasteiger partial charge is 0.416 e. The fourth-order valence-electron chi connectivity index (χ4n) is 1.80. The highest BCUT2D eigenvalue weighted by Crippen LogP contribution is 2.31. The molecule has 0 fully saturated rings. The van der Waals surface area contributed by atoms with Crippen molar-refractivity contribution in [3.63, 3.8) is 0 Å². The minimum absolute atomic E-state index is 0.0402. The molecule has 5 nitrogen and oxygen atoms in total. The molecule has 0 aliphatic carbocycles. The number of aliphatic hydroxyl groups is 1. The highest BCUT2D eigenvalue weighted by Gasteiger charge is 2.31. The van der Waals surface area contributed by atoms with Gasteiger partial charge in [-0.25, -0.2) is 0 Å². The topological polar surface area (TPSA) is 77.0 Å². The van der Waals surface area contributed by atoms with Gasteiger partial charge >= 0.3 is 6.18 Å². The number of hydrogen-bond acceptors (Lipinski definition) is 5. The second-order valence-electron chi connectivity index (χ2n) is 4.65. The average Bonchev–Trinajstić information content (AvgIpc) is 2.87. The van der Waals surface area contributed by atoms with E-state index in [1.807, 2.05) is 0 Å². The zero-order valence-electron chi connectivity index (χ0n) is 11.7. The quantitative estimate of drug-likeness (QED) is 0.821. The van der Waals surface area contributed by atoms with Crippen LogP contribution in [0.25, 0.3) is 5.69 Å². The van der Waals surface area contributed by atoms with Crippen LogP contribution in [0.2, 0.25) is 0 Å². The molecule has 1 aromatic heterocycles. The molecular formula is C13H15F3N4OS. The van der Waals surface area contributed by atoms with Gasteiger partial charge in [0.05, 0.1) is 23.9 Å². The summed E-state index contributed by atoms with van der Waals surface area (Å²) in [5, 5.41) is 17.5. The lowest BCUT2D eigenvalue weighted by Crippen LogP contribution is -2.11. The van der Waals surface area contributed by atoms with Gasteiger partial charge in [0.25, 0.3) is 0 Å². The Morgan fingerprint density at radius 2 is 2.09 bits per heavy atom. The second-order valence-corrected chi connectivity index (χ2v) is 5.63. The lowest BCUT2D eigenvalue weighted by atomic mass is 10.2. The summed E-state index contributed by atoms with van der Waals surface area (Å²) in [7, 11) is 0. The Bertz CT molecular complexity index is 642. The maximum Gasteiger partial charge on any atom is 0.416 e. The molecule has 0 aliphatic heterocycles. The molecule has 2 rings (SSSR count). The summed E-state index contributed by atoms with van der Waals surface area (Å²) < 4.78 is 40.0. The van der Waals surface area contributed by atoms with Gasteiger partial charge in [-0.15, -0.1) is 10.2 Å². The van der Waals surface area contributed by atoms with Crippen molar-refractivity contribution in [1.29, 1.82) is 0 Å². The Morgan fingerprint density at radius 1 is 1.36 bits per heavy atom. The second kappa shape index (κ2) is 6.67. The van der Waals surface area contributed by atoms with Crippen molar-refractivity contribution in [2.24, 2.45) is 5.73 Å². The summed E-state index contributed by atoms with van der Waals surface area (Å²) in [6.45, 7) is 1.65. The lowest BCUT2D eigenvalue weighted by molar-refractivity contribution is -0.137. The third-order valence-electron chi connectivity index (χ3n) is 2.77. The maximum absolute atomic E-state index is 12.8. The Hall–Kier alpha value is -1.58. The summed E-state index contributed by atoms with van der Waals surface area (Å²) in [5.74, 6) is 0.703. The van der Waals surface area contributed by atoms with Gasteiger partial charge in [0, 0.05) is 5.75 Å². The molecule has 0 amide bonds. The first-order valence-electron chi connectivity index (χ1n) is 6.45. The first-order valence-corrected chi connectivity index (χ1v) is 7.44. The van der Waals surface area contributed by atoms with Gasteiger partial charge in [-0.1, -0.05) is 17.8 Å².